The molecule has 0 aromatic carbocycles. The van der Waals surface area contributed by atoms with Gasteiger partial charge in [0.1, 0.15) is 0 Å². The lowest BCUT2D eigenvalue weighted by molar-refractivity contribution is 0.256. The molecule has 0 aromatic heterocycles. The molecule has 0 heterocycles. The van der Waals surface area contributed by atoms with Gasteiger partial charge in [-0.2, -0.15) is 0 Å². The third-order valence-electron chi connectivity index (χ3n) is 3.52. The molecule has 1 rings (SSSR count). The largest absolute Gasteiger partial charge is 0.0990 e. The van der Waals surface area contributed by atoms with Crippen LogP contribution in [0.5, 0.6) is 0 Å². The SMILES string of the molecule is C=C1C(C)CCCC1(C)CC. The second-order valence-corrected chi connectivity index (χ2v) is 4.23. The van der Waals surface area contributed by atoms with Crippen molar-refractivity contribution in [2.75, 3.05) is 0 Å². The molecule has 0 N–H and O–H groups in total. The summed E-state index contributed by atoms with van der Waals surface area (Å²) in [4.78, 5) is 0. The summed E-state index contributed by atoms with van der Waals surface area (Å²) in [6.07, 6.45) is 5.36. The Labute approximate surface area is 70.7 Å². The monoisotopic (exact) mass is 152 g/mol. The van der Waals surface area contributed by atoms with Crippen LogP contribution in [0.15, 0.2) is 12.2 Å². The molecule has 0 radical (unpaired) electrons. The molecule has 1 saturated carbocycles. The highest BCUT2D eigenvalue weighted by atomic mass is 14.4. The van der Waals surface area contributed by atoms with Gasteiger partial charge in [0.2, 0.25) is 0 Å². The Morgan fingerprint density at radius 2 is 2.27 bits per heavy atom. The van der Waals surface area contributed by atoms with Gasteiger partial charge in [0.25, 0.3) is 0 Å². The van der Waals surface area contributed by atoms with E-state index in [-0.39, 0.29) is 0 Å². The van der Waals surface area contributed by atoms with Crippen molar-refractivity contribution in [3.05, 3.63) is 12.2 Å². The van der Waals surface area contributed by atoms with E-state index in [0.29, 0.717) is 5.41 Å². The van der Waals surface area contributed by atoms with Crippen molar-refractivity contribution in [1.29, 1.82) is 0 Å². The normalized spacial score (nSPS) is 39.2. The van der Waals surface area contributed by atoms with E-state index < -0.39 is 0 Å². The fourth-order valence-corrected chi connectivity index (χ4v) is 2.13. The highest BCUT2D eigenvalue weighted by Crippen LogP contribution is 2.44. The van der Waals surface area contributed by atoms with Gasteiger partial charge >= 0.3 is 0 Å². The Hall–Kier alpha value is -0.260. The first-order valence-electron chi connectivity index (χ1n) is 4.79. The summed E-state index contributed by atoms with van der Waals surface area (Å²) in [5.41, 5.74) is 1.95. The number of hydrogen-bond donors (Lipinski definition) is 0. The van der Waals surface area contributed by atoms with E-state index in [9.17, 15) is 0 Å². The zero-order valence-corrected chi connectivity index (χ0v) is 8.11. The van der Waals surface area contributed by atoms with Crippen LogP contribution in [0.4, 0.5) is 0 Å². The molecular formula is C11H20. The van der Waals surface area contributed by atoms with Crippen LogP contribution in [0.3, 0.4) is 0 Å². The third kappa shape index (κ3) is 1.50. The molecular weight excluding hydrogens is 132 g/mol. The molecule has 0 amide bonds. The Bertz CT molecular complexity index is 157. The van der Waals surface area contributed by atoms with Gasteiger partial charge in [0.15, 0.2) is 0 Å². The lowest BCUT2D eigenvalue weighted by atomic mass is 9.67. The molecule has 0 nitrogen and oxygen atoms in total. The van der Waals surface area contributed by atoms with Crippen LogP contribution in [-0.2, 0) is 0 Å². The van der Waals surface area contributed by atoms with Crippen molar-refractivity contribution in [2.45, 2.75) is 46.5 Å². The predicted octanol–water partition coefficient (Wildman–Crippen LogP) is 3.78. The molecule has 2 unspecified atom stereocenters. The summed E-state index contributed by atoms with van der Waals surface area (Å²) in [6.45, 7) is 11.2. The standard InChI is InChI=1S/C11H20/c1-5-11(4)8-6-7-9(2)10(11)3/h9H,3,5-8H2,1-2,4H3. The fourth-order valence-electron chi connectivity index (χ4n) is 2.13. The molecule has 0 aromatic rings. The van der Waals surface area contributed by atoms with E-state index in [2.05, 4.69) is 27.4 Å². The second kappa shape index (κ2) is 3.00. The minimum Gasteiger partial charge on any atom is -0.0990 e. The fraction of sp³-hybridized carbons (Fsp3) is 0.818. The van der Waals surface area contributed by atoms with Crippen molar-refractivity contribution in [2.24, 2.45) is 11.3 Å². The minimum atomic E-state index is 0.456. The zero-order valence-electron chi connectivity index (χ0n) is 8.11. The summed E-state index contributed by atoms with van der Waals surface area (Å²) in [5, 5.41) is 0. The molecule has 1 fully saturated rings. The molecule has 64 valence electrons. The molecule has 2 atom stereocenters. The van der Waals surface area contributed by atoms with Gasteiger partial charge < -0.3 is 0 Å². The van der Waals surface area contributed by atoms with Crippen LogP contribution in [0.1, 0.15) is 46.5 Å². The zero-order chi connectivity index (χ0) is 8.48. The van der Waals surface area contributed by atoms with E-state index >= 15 is 0 Å². The van der Waals surface area contributed by atoms with Crippen molar-refractivity contribution >= 4 is 0 Å². The van der Waals surface area contributed by atoms with E-state index in [0.717, 1.165) is 5.92 Å². The average molecular weight is 152 g/mol. The molecule has 1 aliphatic rings. The van der Waals surface area contributed by atoms with Crippen molar-refractivity contribution in [3.63, 3.8) is 0 Å². The highest BCUT2D eigenvalue weighted by Gasteiger charge is 2.31. The van der Waals surface area contributed by atoms with Gasteiger partial charge in [0.05, 0.1) is 0 Å². The minimum absolute atomic E-state index is 0.456. The molecule has 11 heavy (non-hydrogen) atoms. The molecule has 0 bridgehead atoms. The predicted molar refractivity (Wildman–Crippen MR) is 50.6 cm³/mol. The Balaban J connectivity index is 2.72. The maximum atomic E-state index is 4.22. The van der Waals surface area contributed by atoms with Gasteiger partial charge in [-0.3, -0.25) is 0 Å². The smallest absolute Gasteiger partial charge is 0.0119 e. The van der Waals surface area contributed by atoms with Crippen molar-refractivity contribution in [3.8, 4) is 0 Å². The first-order valence-corrected chi connectivity index (χ1v) is 4.79. The van der Waals surface area contributed by atoms with Gasteiger partial charge in [0, 0.05) is 0 Å². The van der Waals surface area contributed by atoms with Crippen LogP contribution in [0.25, 0.3) is 0 Å². The van der Waals surface area contributed by atoms with E-state index in [1.807, 2.05) is 0 Å². The van der Waals surface area contributed by atoms with Crippen LogP contribution in [0, 0.1) is 11.3 Å². The van der Waals surface area contributed by atoms with Crippen LogP contribution in [0.2, 0.25) is 0 Å². The highest BCUT2D eigenvalue weighted by molar-refractivity contribution is 5.14. The summed E-state index contributed by atoms with van der Waals surface area (Å²) >= 11 is 0. The Morgan fingerprint density at radius 3 is 2.73 bits per heavy atom. The van der Waals surface area contributed by atoms with E-state index in [1.54, 1.807) is 0 Å². The van der Waals surface area contributed by atoms with E-state index in [1.165, 1.54) is 31.3 Å². The number of rotatable bonds is 1. The number of allylic oxidation sites excluding steroid dienone is 1. The summed E-state index contributed by atoms with van der Waals surface area (Å²) in [5.74, 6) is 0.758. The van der Waals surface area contributed by atoms with Crippen molar-refractivity contribution < 1.29 is 0 Å². The van der Waals surface area contributed by atoms with E-state index in [4.69, 9.17) is 0 Å². The summed E-state index contributed by atoms with van der Waals surface area (Å²) in [7, 11) is 0. The lowest BCUT2D eigenvalue weighted by Gasteiger charge is -2.39. The summed E-state index contributed by atoms with van der Waals surface area (Å²) in [6, 6.07) is 0. The van der Waals surface area contributed by atoms with Gasteiger partial charge in [-0.05, 0) is 30.6 Å². The molecule has 0 saturated heterocycles. The molecule has 1 aliphatic carbocycles. The van der Waals surface area contributed by atoms with Crippen LogP contribution >= 0.6 is 0 Å². The van der Waals surface area contributed by atoms with Gasteiger partial charge in [-0.25, -0.2) is 0 Å². The first-order chi connectivity index (χ1) is 5.10. The van der Waals surface area contributed by atoms with Crippen molar-refractivity contribution in [1.82, 2.24) is 0 Å². The first kappa shape index (κ1) is 8.83. The Morgan fingerprint density at radius 1 is 1.64 bits per heavy atom. The quantitative estimate of drug-likeness (QED) is 0.502. The Kier molecular flexibility index (Phi) is 2.41. The molecule has 0 spiro atoms. The summed E-state index contributed by atoms with van der Waals surface area (Å²) < 4.78 is 0. The van der Waals surface area contributed by atoms with Crippen LogP contribution < -0.4 is 0 Å². The second-order valence-electron chi connectivity index (χ2n) is 4.23. The third-order valence-corrected chi connectivity index (χ3v) is 3.52. The maximum Gasteiger partial charge on any atom is -0.0119 e. The molecule has 0 aliphatic heterocycles. The topological polar surface area (TPSA) is 0 Å². The maximum absolute atomic E-state index is 4.22. The van der Waals surface area contributed by atoms with Gasteiger partial charge in [-0.15, -0.1) is 0 Å². The molecule has 0 heteroatoms. The number of hydrogen-bond acceptors (Lipinski definition) is 0. The van der Waals surface area contributed by atoms with Crippen LogP contribution in [-0.4, -0.2) is 0 Å². The lowest BCUT2D eigenvalue weighted by Crippen LogP contribution is -2.26. The average Bonchev–Trinajstić information content (AvgIpc) is 2.00. The van der Waals surface area contributed by atoms with Gasteiger partial charge in [-0.1, -0.05) is 39.3 Å².